The number of anilines is 3. The smallest absolute Gasteiger partial charge is 0.323 e. The molecule has 0 saturated carbocycles. The van der Waals surface area contributed by atoms with Gasteiger partial charge in [0.15, 0.2) is 0 Å². The normalized spacial score (nSPS) is 10.6. The first-order valence-corrected chi connectivity index (χ1v) is 7.06. The number of aromatic nitrogens is 3. The molecule has 2 aromatic rings. The molecule has 0 spiro atoms. The Hall–Kier alpha value is -1.79. The molecule has 8 heteroatoms. The molecule has 0 amide bonds. The Morgan fingerprint density at radius 3 is 2.43 bits per heavy atom. The van der Waals surface area contributed by atoms with Crippen molar-refractivity contribution in [2.45, 2.75) is 20.0 Å². The second kappa shape index (κ2) is 6.78. The molecule has 1 heterocycles. The van der Waals surface area contributed by atoms with E-state index in [2.05, 4.69) is 25.6 Å². The maximum Gasteiger partial charge on any atom is 0.323 e. The molecule has 0 fully saturated rings. The van der Waals surface area contributed by atoms with Crippen molar-refractivity contribution in [3.05, 3.63) is 28.2 Å². The fourth-order valence-electron chi connectivity index (χ4n) is 1.50. The van der Waals surface area contributed by atoms with E-state index in [0.29, 0.717) is 27.6 Å². The van der Waals surface area contributed by atoms with Crippen LogP contribution in [0, 0.1) is 0 Å². The zero-order valence-electron chi connectivity index (χ0n) is 11.8. The summed E-state index contributed by atoms with van der Waals surface area (Å²) in [5.74, 6) is 0.724. The Balaban J connectivity index is 2.29. The van der Waals surface area contributed by atoms with Crippen LogP contribution in [0.1, 0.15) is 13.8 Å². The molecular weight excluding hydrogens is 313 g/mol. The lowest BCUT2D eigenvalue weighted by Crippen LogP contribution is -2.12. The highest BCUT2D eigenvalue weighted by Gasteiger charge is 2.10. The lowest BCUT2D eigenvalue weighted by atomic mass is 10.3. The van der Waals surface area contributed by atoms with Gasteiger partial charge in [-0.05, 0) is 32.0 Å². The van der Waals surface area contributed by atoms with Gasteiger partial charge in [0, 0.05) is 12.1 Å². The lowest BCUT2D eigenvalue weighted by molar-refractivity contribution is 0.222. The molecular formula is C13H15Cl2N5O. The van der Waals surface area contributed by atoms with Crippen molar-refractivity contribution in [2.75, 3.05) is 17.7 Å². The van der Waals surface area contributed by atoms with Gasteiger partial charge >= 0.3 is 6.01 Å². The molecule has 6 nitrogen and oxygen atoms in total. The Labute approximate surface area is 132 Å². The Bertz CT molecular complexity index is 636. The fraction of sp³-hybridized carbons (Fsp3) is 0.308. The number of hydrogen-bond acceptors (Lipinski definition) is 6. The third-order valence-electron chi connectivity index (χ3n) is 2.36. The molecule has 0 aliphatic heterocycles. The largest absolute Gasteiger partial charge is 0.461 e. The highest BCUT2D eigenvalue weighted by atomic mass is 35.5. The summed E-state index contributed by atoms with van der Waals surface area (Å²) in [5.41, 5.74) is 0.643. The summed E-state index contributed by atoms with van der Waals surface area (Å²) in [6.45, 7) is 3.79. The van der Waals surface area contributed by atoms with Crippen LogP contribution in [0.4, 0.5) is 17.6 Å². The van der Waals surface area contributed by atoms with Gasteiger partial charge in [0.05, 0.1) is 16.8 Å². The van der Waals surface area contributed by atoms with Gasteiger partial charge in [0.2, 0.25) is 11.9 Å². The topological polar surface area (TPSA) is 72.0 Å². The number of halogens is 2. The van der Waals surface area contributed by atoms with E-state index in [-0.39, 0.29) is 12.1 Å². The zero-order chi connectivity index (χ0) is 15.4. The van der Waals surface area contributed by atoms with Crippen molar-refractivity contribution in [3.63, 3.8) is 0 Å². The maximum absolute atomic E-state index is 6.11. The number of nitrogens with one attached hydrogen (secondary N) is 2. The van der Waals surface area contributed by atoms with Crippen LogP contribution in [0.2, 0.25) is 10.0 Å². The van der Waals surface area contributed by atoms with E-state index < -0.39 is 0 Å². The van der Waals surface area contributed by atoms with Crippen LogP contribution < -0.4 is 15.4 Å². The summed E-state index contributed by atoms with van der Waals surface area (Å²) in [4.78, 5) is 12.5. The first-order chi connectivity index (χ1) is 9.97. The van der Waals surface area contributed by atoms with Gasteiger partial charge < -0.3 is 15.4 Å². The van der Waals surface area contributed by atoms with Crippen LogP contribution in [0.5, 0.6) is 6.01 Å². The van der Waals surface area contributed by atoms with Gasteiger partial charge in [-0.25, -0.2) is 0 Å². The van der Waals surface area contributed by atoms with Crippen LogP contribution in [-0.2, 0) is 0 Å². The van der Waals surface area contributed by atoms with E-state index in [1.807, 2.05) is 13.8 Å². The van der Waals surface area contributed by atoms with E-state index in [1.54, 1.807) is 25.2 Å². The highest BCUT2D eigenvalue weighted by Crippen LogP contribution is 2.27. The minimum absolute atomic E-state index is 0.0379. The van der Waals surface area contributed by atoms with Crippen molar-refractivity contribution in [1.29, 1.82) is 0 Å². The summed E-state index contributed by atoms with van der Waals surface area (Å²) in [6.07, 6.45) is -0.0379. The maximum atomic E-state index is 6.11. The molecule has 112 valence electrons. The van der Waals surface area contributed by atoms with Crippen LogP contribution in [-0.4, -0.2) is 28.1 Å². The van der Waals surface area contributed by atoms with Gasteiger partial charge in [-0.2, -0.15) is 15.0 Å². The number of rotatable bonds is 5. The SMILES string of the molecule is CNc1nc(Nc2ccc(Cl)cc2Cl)nc(OC(C)C)n1. The van der Waals surface area contributed by atoms with Crippen molar-refractivity contribution in [2.24, 2.45) is 0 Å². The number of nitrogens with zero attached hydrogens (tertiary/aromatic N) is 3. The zero-order valence-corrected chi connectivity index (χ0v) is 13.3. The van der Waals surface area contributed by atoms with Gasteiger partial charge in [0.25, 0.3) is 0 Å². The first kappa shape index (κ1) is 15.6. The third kappa shape index (κ3) is 4.34. The van der Waals surface area contributed by atoms with Crippen LogP contribution in [0.3, 0.4) is 0 Å². The van der Waals surface area contributed by atoms with Crippen molar-refractivity contribution >= 4 is 40.8 Å². The predicted molar refractivity (Wildman–Crippen MR) is 84.9 cm³/mol. The minimum Gasteiger partial charge on any atom is -0.461 e. The van der Waals surface area contributed by atoms with E-state index in [1.165, 1.54) is 0 Å². The number of hydrogen-bond donors (Lipinski definition) is 2. The van der Waals surface area contributed by atoms with Gasteiger partial charge in [-0.15, -0.1) is 0 Å². The fourth-order valence-corrected chi connectivity index (χ4v) is 1.95. The standard InChI is InChI=1S/C13H15Cl2N5O/c1-7(2)21-13-19-11(16-3)18-12(20-13)17-10-5-4-8(14)6-9(10)15/h4-7H,1-3H3,(H2,16,17,18,19,20). The summed E-state index contributed by atoms with van der Waals surface area (Å²) in [7, 11) is 1.72. The van der Waals surface area contributed by atoms with Crippen molar-refractivity contribution < 1.29 is 4.74 Å². The Morgan fingerprint density at radius 2 is 1.81 bits per heavy atom. The highest BCUT2D eigenvalue weighted by molar-refractivity contribution is 6.36. The monoisotopic (exact) mass is 327 g/mol. The molecule has 0 bridgehead atoms. The molecule has 2 rings (SSSR count). The van der Waals surface area contributed by atoms with Crippen LogP contribution >= 0.6 is 23.2 Å². The summed E-state index contributed by atoms with van der Waals surface area (Å²) < 4.78 is 5.49. The molecule has 0 unspecified atom stereocenters. The molecule has 1 aromatic heterocycles. The second-order valence-electron chi connectivity index (χ2n) is 4.43. The minimum atomic E-state index is -0.0379. The summed E-state index contributed by atoms with van der Waals surface area (Å²) >= 11 is 12.0. The van der Waals surface area contributed by atoms with Gasteiger partial charge in [-0.3, -0.25) is 0 Å². The van der Waals surface area contributed by atoms with Crippen LogP contribution in [0.25, 0.3) is 0 Å². The molecule has 0 aliphatic rings. The van der Waals surface area contributed by atoms with E-state index in [0.717, 1.165) is 0 Å². The predicted octanol–water partition coefficient (Wildman–Crippen LogP) is 3.75. The molecule has 0 saturated heterocycles. The van der Waals surface area contributed by atoms with E-state index >= 15 is 0 Å². The Kier molecular flexibility index (Phi) is 5.03. The number of benzene rings is 1. The molecule has 0 aliphatic carbocycles. The van der Waals surface area contributed by atoms with E-state index in [9.17, 15) is 0 Å². The molecule has 0 radical (unpaired) electrons. The van der Waals surface area contributed by atoms with Crippen LogP contribution in [0.15, 0.2) is 18.2 Å². The molecule has 1 aromatic carbocycles. The summed E-state index contributed by atoms with van der Waals surface area (Å²) in [5, 5.41) is 6.90. The first-order valence-electron chi connectivity index (χ1n) is 6.30. The quantitative estimate of drug-likeness (QED) is 0.871. The Morgan fingerprint density at radius 1 is 1.10 bits per heavy atom. The summed E-state index contributed by atoms with van der Waals surface area (Å²) in [6, 6.07) is 5.34. The lowest BCUT2D eigenvalue weighted by Gasteiger charge is -2.12. The average molecular weight is 328 g/mol. The van der Waals surface area contributed by atoms with E-state index in [4.69, 9.17) is 27.9 Å². The second-order valence-corrected chi connectivity index (χ2v) is 5.27. The number of ether oxygens (including phenoxy) is 1. The third-order valence-corrected chi connectivity index (χ3v) is 2.91. The van der Waals surface area contributed by atoms with Crippen molar-refractivity contribution in [3.8, 4) is 6.01 Å². The van der Waals surface area contributed by atoms with Gasteiger partial charge in [-0.1, -0.05) is 23.2 Å². The average Bonchev–Trinajstić information content (AvgIpc) is 2.41. The molecule has 21 heavy (non-hydrogen) atoms. The molecule has 0 atom stereocenters. The molecule has 2 N–H and O–H groups in total. The van der Waals surface area contributed by atoms with Crippen molar-refractivity contribution in [1.82, 2.24) is 15.0 Å². The van der Waals surface area contributed by atoms with Gasteiger partial charge in [0.1, 0.15) is 0 Å².